The van der Waals surface area contributed by atoms with Gasteiger partial charge in [0.2, 0.25) is 0 Å². The summed E-state index contributed by atoms with van der Waals surface area (Å²) in [5.41, 5.74) is 1.43. The third kappa shape index (κ3) is 1.93. The van der Waals surface area contributed by atoms with Gasteiger partial charge in [-0.2, -0.15) is 5.10 Å². The minimum atomic E-state index is 0.441. The van der Waals surface area contributed by atoms with Gasteiger partial charge in [-0.1, -0.05) is 0 Å². The van der Waals surface area contributed by atoms with Gasteiger partial charge in [0, 0.05) is 17.7 Å². The monoisotopic (exact) mass is 230 g/mol. The minimum absolute atomic E-state index is 0.441. The molecule has 1 aliphatic heterocycles. The Morgan fingerprint density at radius 1 is 1.35 bits per heavy atom. The van der Waals surface area contributed by atoms with Gasteiger partial charge in [0.25, 0.3) is 0 Å². The normalized spacial score (nSPS) is 17.4. The molecular formula is C12H14N4O. The Balaban J connectivity index is 1.97. The molecule has 0 unspecified atom stereocenters. The summed E-state index contributed by atoms with van der Waals surface area (Å²) in [7, 11) is 0. The van der Waals surface area contributed by atoms with Crippen molar-refractivity contribution in [3.05, 3.63) is 29.7 Å². The number of aldehydes is 1. The van der Waals surface area contributed by atoms with Crippen LogP contribution in [0.2, 0.25) is 0 Å². The molecule has 88 valence electrons. The van der Waals surface area contributed by atoms with Crippen LogP contribution in [0.4, 0.5) is 0 Å². The summed E-state index contributed by atoms with van der Waals surface area (Å²) in [5, 5.41) is 7.79. The number of piperidine rings is 1. The standard InChI is InChI=1S/C12H14N4O/c17-8-9-1-2-11-14-12(15-16(11)7-9)10-3-5-13-6-4-10/h1-2,7-8,10,13H,3-6H2. The molecule has 2 aromatic heterocycles. The summed E-state index contributed by atoms with van der Waals surface area (Å²) in [6.45, 7) is 2.06. The fourth-order valence-corrected chi connectivity index (χ4v) is 2.24. The Morgan fingerprint density at radius 3 is 2.94 bits per heavy atom. The lowest BCUT2D eigenvalue weighted by Crippen LogP contribution is -2.27. The zero-order chi connectivity index (χ0) is 11.7. The number of hydrogen-bond acceptors (Lipinski definition) is 4. The fourth-order valence-electron chi connectivity index (χ4n) is 2.24. The van der Waals surface area contributed by atoms with Crippen molar-refractivity contribution in [3.8, 4) is 0 Å². The number of fused-ring (bicyclic) bond motifs is 1. The highest BCUT2D eigenvalue weighted by molar-refractivity contribution is 5.74. The molecule has 1 fully saturated rings. The fraction of sp³-hybridized carbons (Fsp3) is 0.417. The Hall–Kier alpha value is -1.75. The van der Waals surface area contributed by atoms with Gasteiger partial charge in [-0.3, -0.25) is 4.79 Å². The summed E-state index contributed by atoms with van der Waals surface area (Å²) in [6.07, 6.45) is 4.71. The van der Waals surface area contributed by atoms with E-state index in [1.807, 2.05) is 6.07 Å². The van der Waals surface area contributed by atoms with Crippen LogP contribution in [-0.4, -0.2) is 34.0 Å². The largest absolute Gasteiger partial charge is 0.317 e. The molecule has 0 spiro atoms. The van der Waals surface area contributed by atoms with Gasteiger partial charge in [0.15, 0.2) is 17.8 Å². The van der Waals surface area contributed by atoms with Crippen LogP contribution in [-0.2, 0) is 0 Å². The van der Waals surface area contributed by atoms with Gasteiger partial charge < -0.3 is 5.32 Å². The van der Waals surface area contributed by atoms with E-state index in [4.69, 9.17) is 0 Å². The van der Waals surface area contributed by atoms with E-state index in [2.05, 4.69) is 15.4 Å². The van der Waals surface area contributed by atoms with Crippen molar-refractivity contribution < 1.29 is 4.79 Å². The van der Waals surface area contributed by atoms with Crippen LogP contribution in [0.15, 0.2) is 18.3 Å². The van der Waals surface area contributed by atoms with Gasteiger partial charge in [-0.25, -0.2) is 9.50 Å². The van der Waals surface area contributed by atoms with Crippen molar-refractivity contribution in [2.24, 2.45) is 0 Å². The summed E-state index contributed by atoms with van der Waals surface area (Å²) in [6, 6.07) is 3.60. The molecule has 1 saturated heterocycles. The second kappa shape index (κ2) is 4.25. The summed E-state index contributed by atoms with van der Waals surface area (Å²) < 4.78 is 1.70. The molecule has 0 aromatic carbocycles. The van der Waals surface area contributed by atoms with E-state index in [9.17, 15) is 4.79 Å². The van der Waals surface area contributed by atoms with Crippen molar-refractivity contribution in [1.29, 1.82) is 0 Å². The van der Waals surface area contributed by atoms with Gasteiger partial charge >= 0.3 is 0 Å². The van der Waals surface area contributed by atoms with E-state index >= 15 is 0 Å². The highest BCUT2D eigenvalue weighted by Gasteiger charge is 2.19. The molecule has 0 aliphatic carbocycles. The molecule has 3 rings (SSSR count). The van der Waals surface area contributed by atoms with Gasteiger partial charge in [-0.05, 0) is 38.1 Å². The molecule has 17 heavy (non-hydrogen) atoms. The first-order chi connectivity index (χ1) is 8.36. The minimum Gasteiger partial charge on any atom is -0.317 e. The third-order valence-corrected chi connectivity index (χ3v) is 3.21. The van der Waals surface area contributed by atoms with E-state index in [0.29, 0.717) is 11.5 Å². The Bertz CT molecular complexity index is 542. The second-order valence-corrected chi connectivity index (χ2v) is 4.38. The van der Waals surface area contributed by atoms with Gasteiger partial charge in [0.1, 0.15) is 0 Å². The first-order valence-corrected chi connectivity index (χ1v) is 5.89. The molecular weight excluding hydrogens is 216 g/mol. The molecule has 1 N–H and O–H groups in total. The van der Waals surface area contributed by atoms with Crippen LogP contribution in [0, 0.1) is 0 Å². The molecule has 0 bridgehead atoms. The molecule has 0 radical (unpaired) electrons. The Labute approximate surface area is 98.9 Å². The highest BCUT2D eigenvalue weighted by atomic mass is 16.1. The smallest absolute Gasteiger partial charge is 0.155 e. The van der Waals surface area contributed by atoms with Gasteiger partial charge in [-0.15, -0.1) is 0 Å². The van der Waals surface area contributed by atoms with Crippen LogP contribution < -0.4 is 5.32 Å². The molecule has 5 nitrogen and oxygen atoms in total. The van der Waals surface area contributed by atoms with Crippen LogP contribution >= 0.6 is 0 Å². The number of carbonyl (C=O) groups excluding carboxylic acids is 1. The van der Waals surface area contributed by atoms with E-state index in [1.54, 1.807) is 16.8 Å². The third-order valence-electron chi connectivity index (χ3n) is 3.21. The van der Waals surface area contributed by atoms with E-state index in [-0.39, 0.29) is 0 Å². The van der Waals surface area contributed by atoms with Crippen LogP contribution in [0.5, 0.6) is 0 Å². The molecule has 5 heteroatoms. The maximum absolute atomic E-state index is 10.7. The van der Waals surface area contributed by atoms with Crippen molar-refractivity contribution in [2.75, 3.05) is 13.1 Å². The maximum Gasteiger partial charge on any atom is 0.155 e. The van der Waals surface area contributed by atoms with Crippen molar-refractivity contribution in [1.82, 2.24) is 19.9 Å². The first-order valence-electron chi connectivity index (χ1n) is 5.89. The van der Waals surface area contributed by atoms with Crippen LogP contribution in [0.1, 0.15) is 34.9 Å². The summed E-state index contributed by atoms with van der Waals surface area (Å²) in [5.74, 6) is 1.34. The van der Waals surface area contributed by atoms with E-state index in [0.717, 1.165) is 43.7 Å². The maximum atomic E-state index is 10.7. The highest BCUT2D eigenvalue weighted by Crippen LogP contribution is 2.22. The molecule has 3 heterocycles. The lowest BCUT2D eigenvalue weighted by atomic mass is 9.98. The van der Waals surface area contributed by atoms with Crippen molar-refractivity contribution in [3.63, 3.8) is 0 Å². The van der Waals surface area contributed by atoms with E-state index < -0.39 is 0 Å². The molecule has 0 saturated carbocycles. The van der Waals surface area contributed by atoms with Gasteiger partial charge in [0.05, 0.1) is 0 Å². The lowest BCUT2D eigenvalue weighted by molar-refractivity contribution is 0.112. The number of pyridine rings is 1. The number of rotatable bonds is 2. The first kappa shape index (κ1) is 10.4. The predicted octanol–water partition coefficient (Wildman–Crippen LogP) is 1.01. The average molecular weight is 230 g/mol. The number of hydrogen-bond donors (Lipinski definition) is 1. The Morgan fingerprint density at radius 2 is 2.18 bits per heavy atom. The lowest BCUT2D eigenvalue weighted by Gasteiger charge is -2.19. The second-order valence-electron chi connectivity index (χ2n) is 4.38. The zero-order valence-corrected chi connectivity index (χ0v) is 9.47. The topological polar surface area (TPSA) is 59.3 Å². The van der Waals surface area contributed by atoms with E-state index in [1.165, 1.54) is 0 Å². The molecule has 0 atom stereocenters. The molecule has 1 aliphatic rings. The summed E-state index contributed by atoms with van der Waals surface area (Å²) in [4.78, 5) is 15.2. The number of aromatic nitrogens is 3. The average Bonchev–Trinajstić information content (AvgIpc) is 2.82. The molecule has 2 aromatic rings. The number of nitrogens with zero attached hydrogens (tertiary/aromatic N) is 3. The Kier molecular flexibility index (Phi) is 2.60. The zero-order valence-electron chi connectivity index (χ0n) is 9.47. The molecule has 0 amide bonds. The summed E-state index contributed by atoms with van der Waals surface area (Å²) >= 11 is 0. The quantitative estimate of drug-likeness (QED) is 0.782. The number of carbonyl (C=O) groups is 1. The van der Waals surface area contributed by atoms with Crippen LogP contribution in [0.25, 0.3) is 5.65 Å². The number of nitrogens with one attached hydrogen (secondary N) is 1. The predicted molar refractivity (Wildman–Crippen MR) is 63.2 cm³/mol. The SMILES string of the molecule is O=Cc1ccc2nc(C3CCNCC3)nn2c1. The van der Waals surface area contributed by atoms with Crippen molar-refractivity contribution in [2.45, 2.75) is 18.8 Å². The van der Waals surface area contributed by atoms with Crippen molar-refractivity contribution >= 4 is 11.9 Å². The van der Waals surface area contributed by atoms with Crippen LogP contribution in [0.3, 0.4) is 0 Å².